The summed E-state index contributed by atoms with van der Waals surface area (Å²) in [6.45, 7) is 16.2. The fraction of sp³-hybridized carbons (Fsp3) is 0.632. The Morgan fingerprint density at radius 1 is 0.960 bits per heavy atom. The average molecular weight is 695 g/mol. The highest BCUT2D eigenvalue weighted by atomic mass is 16.6. The van der Waals surface area contributed by atoms with E-state index in [2.05, 4.69) is 22.5 Å². The van der Waals surface area contributed by atoms with E-state index < -0.39 is 65.5 Å². The van der Waals surface area contributed by atoms with Crippen molar-refractivity contribution in [3.63, 3.8) is 0 Å². The summed E-state index contributed by atoms with van der Waals surface area (Å²) in [6.07, 6.45) is 5.11. The topological polar surface area (TPSA) is 160 Å². The number of fused-ring (bicyclic) bond motifs is 1. The minimum absolute atomic E-state index is 0.0491. The lowest BCUT2D eigenvalue weighted by Crippen LogP contribution is -2.60. The zero-order valence-electron chi connectivity index (χ0n) is 30.5. The number of rotatable bonds is 13. The number of esters is 1. The van der Waals surface area contributed by atoms with Crippen molar-refractivity contribution in [1.82, 2.24) is 20.9 Å². The molecule has 12 nitrogen and oxygen atoms in total. The van der Waals surface area contributed by atoms with E-state index in [1.54, 1.807) is 34.6 Å². The number of Topliss-reactive ketones (excluding diaryl/α,β-unsaturated/α-hetero) is 1. The van der Waals surface area contributed by atoms with Gasteiger partial charge in [-0.3, -0.25) is 24.0 Å². The molecule has 1 saturated heterocycles. The number of ether oxygens (including phenoxy) is 2. The predicted molar refractivity (Wildman–Crippen MR) is 186 cm³/mol. The minimum Gasteiger partial charge on any atom is -0.453 e. The van der Waals surface area contributed by atoms with Gasteiger partial charge in [-0.2, -0.15) is 0 Å². The van der Waals surface area contributed by atoms with Crippen LogP contribution in [0.15, 0.2) is 43.0 Å². The van der Waals surface area contributed by atoms with Crippen LogP contribution in [0.5, 0.6) is 0 Å². The van der Waals surface area contributed by atoms with Gasteiger partial charge in [-0.05, 0) is 82.6 Å². The van der Waals surface area contributed by atoms with Crippen LogP contribution in [0.4, 0.5) is 4.79 Å². The first-order valence-corrected chi connectivity index (χ1v) is 17.7. The number of amides is 4. The van der Waals surface area contributed by atoms with E-state index in [-0.39, 0.29) is 35.5 Å². The molecular formula is C38H54N4O8. The van der Waals surface area contributed by atoms with Crippen molar-refractivity contribution in [1.29, 1.82) is 0 Å². The van der Waals surface area contributed by atoms with E-state index in [0.29, 0.717) is 6.54 Å². The third-order valence-electron chi connectivity index (χ3n) is 10.3. The number of benzene rings is 1. The van der Waals surface area contributed by atoms with E-state index in [0.717, 1.165) is 37.7 Å². The molecule has 4 amide bonds. The first kappa shape index (κ1) is 38.6. The number of hydrogen-bond acceptors (Lipinski definition) is 8. The van der Waals surface area contributed by atoms with Gasteiger partial charge in [-0.25, -0.2) is 4.79 Å². The van der Waals surface area contributed by atoms with E-state index in [1.807, 2.05) is 44.2 Å². The molecule has 50 heavy (non-hydrogen) atoms. The summed E-state index contributed by atoms with van der Waals surface area (Å²) >= 11 is 0. The molecule has 0 aromatic heterocycles. The maximum Gasteiger partial charge on any atom is 0.408 e. The molecule has 3 aliphatic rings. The molecule has 1 aliphatic heterocycles. The van der Waals surface area contributed by atoms with Crippen molar-refractivity contribution in [2.24, 2.45) is 23.2 Å². The Labute approximate surface area is 295 Å². The standard InChI is InChI=1S/C38H54N4O8/c1-9-16-26(31(44)33(46)39-21-27(43)49-38(7,8)24-19-14-11-15-20-24)40-32(45)30-28-25(37(28,5)6)22-42(30)34(47)29(23-17-12-10-13-18-23)41-35(48)50-36(2,3)4/h9,11,14-15,19-20,23,25-26,28-30H,1,10,12-13,16-18,21-22H2,2-8H3,(H,39,46)(H,40,45)(H,41,48)/t25-,26-,28-,29-,30-/m0/s1. The highest BCUT2D eigenvalue weighted by molar-refractivity contribution is 6.38. The molecule has 3 fully saturated rings. The Balaban J connectivity index is 1.45. The molecular weight excluding hydrogens is 640 g/mol. The minimum atomic E-state index is -1.27. The third kappa shape index (κ3) is 9.11. The van der Waals surface area contributed by atoms with Crippen molar-refractivity contribution in [2.45, 2.75) is 116 Å². The van der Waals surface area contributed by atoms with Crippen LogP contribution < -0.4 is 16.0 Å². The second kappa shape index (κ2) is 15.3. The monoisotopic (exact) mass is 694 g/mol. The molecule has 2 aliphatic carbocycles. The van der Waals surface area contributed by atoms with Crippen LogP contribution in [0.25, 0.3) is 0 Å². The molecule has 0 spiro atoms. The molecule has 0 bridgehead atoms. The van der Waals surface area contributed by atoms with Gasteiger partial charge in [0.25, 0.3) is 5.91 Å². The average Bonchev–Trinajstić information content (AvgIpc) is 3.36. The lowest BCUT2D eigenvalue weighted by Gasteiger charge is -2.37. The molecule has 0 unspecified atom stereocenters. The van der Waals surface area contributed by atoms with E-state index in [1.165, 1.54) is 11.0 Å². The van der Waals surface area contributed by atoms with Crippen LogP contribution in [0.3, 0.4) is 0 Å². The summed E-state index contributed by atoms with van der Waals surface area (Å²) in [5.41, 5.74) is -1.19. The Bertz CT molecular complexity index is 1460. The molecule has 2 saturated carbocycles. The van der Waals surface area contributed by atoms with Gasteiger partial charge in [0.1, 0.15) is 35.9 Å². The van der Waals surface area contributed by atoms with Crippen molar-refractivity contribution in [3.05, 3.63) is 48.6 Å². The summed E-state index contributed by atoms with van der Waals surface area (Å²) in [5.74, 6) is -3.90. The van der Waals surface area contributed by atoms with E-state index in [4.69, 9.17) is 9.47 Å². The van der Waals surface area contributed by atoms with Gasteiger partial charge >= 0.3 is 12.1 Å². The summed E-state index contributed by atoms with van der Waals surface area (Å²) < 4.78 is 11.1. The SMILES string of the molecule is C=CC[C@H](NC(=O)[C@@H]1[C@@H]2[C@H](CN1C(=O)[C@@H](NC(=O)OC(C)(C)C)C1CCCCC1)C2(C)C)C(=O)C(=O)NCC(=O)OC(C)(C)c1ccccc1. The number of carbonyl (C=O) groups is 6. The smallest absolute Gasteiger partial charge is 0.408 e. The fourth-order valence-corrected chi connectivity index (χ4v) is 7.55. The maximum atomic E-state index is 14.3. The van der Waals surface area contributed by atoms with Crippen LogP contribution in [-0.4, -0.2) is 77.3 Å². The van der Waals surface area contributed by atoms with E-state index >= 15 is 0 Å². The van der Waals surface area contributed by atoms with Crippen LogP contribution >= 0.6 is 0 Å². The first-order valence-electron chi connectivity index (χ1n) is 17.7. The van der Waals surface area contributed by atoms with Gasteiger partial charge in [0.2, 0.25) is 17.6 Å². The van der Waals surface area contributed by atoms with Crippen LogP contribution in [0.1, 0.15) is 92.6 Å². The number of likely N-dealkylation sites (tertiary alicyclic amines) is 1. The number of piperidine rings is 1. The Kier molecular flexibility index (Phi) is 11.8. The summed E-state index contributed by atoms with van der Waals surface area (Å²) in [5, 5.41) is 7.86. The molecule has 0 radical (unpaired) electrons. The zero-order valence-corrected chi connectivity index (χ0v) is 30.5. The Morgan fingerprint density at radius 2 is 1.60 bits per heavy atom. The quantitative estimate of drug-likeness (QED) is 0.158. The normalized spacial score (nSPS) is 22.6. The van der Waals surface area contributed by atoms with Gasteiger partial charge in [0.15, 0.2) is 0 Å². The number of hydrogen-bond donors (Lipinski definition) is 3. The number of ketones is 1. The molecule has 274 valence electrons. The van der Waals surface area contributed by atoms with Gasteiger partial charge in [0, 0.05) is 6.54 Å². The third-order valence-corrected chi connectivity index (χ3v) is 10.3. The lowest BCUT2D eigenvalue weighted by atomic mass is 9.83. The number of alkyl carbamates (subject to hydrolysis) is 1. The lowest BCUT2D eigenvalue weighted by molar-refractivity contribution is -0.157. The summed E-state index contributed by atoms with van der Waals surface area (Å²) in [4.78, 5) is 81.7. The fourth-order valence-electron chi connectivity index (χ4n) is 7.55. The van der Waals surface area contributed by atoms with Crippen molar-refractivity contribution >= 4 is 35.6 Å². The second-order valence-corrected chi connectivity index (χ2v) is 15.9. The molecule has 1 heterocycles. The van der Waals surface area contributed by atoms with Gasteiger partial charge in [-0.15, -0.1) is 6.58 Å². The van der Waals surface area contributed by atoms with Crippen LogP contribution in [0.2, 0.25) is 0 Å². The van der Waals surface area contributed by atoms with Crippen LogP contribution in [0, 0.1) is 23.2 Å². The predicted octanol–water partition coefficient (Wildman–Crippen LogP) is 4.17. The molecule has 4 rings (SSSR count). The molecule has 12 heteroatoms. The first-order chi connectivity index (χ1) is 23.4. The summed E-state index contributed by atoms with van der Waals surface area (Å²) in [7, 11) is 0. The largest absolute Gasteiger partial charge is 0.453 e. The molecule has 1 aromatic carbocycles. The van der Waals surface area contributed by atoms with Crippen molar-refractivity contribution in [2.75, 3.05) is 13.1 Å². The highest BCUT2D eigenvalue weighted by Gasteiger charge is 2.69. The zero-order chi connectivity index (χ0) is 37.0. The van der Waals surface area contributed by atoms with Gasteiger partial charge in [-0.1, -0.05) is 69.5 Å². The second-order valence-electron chi connectivity index (χ2n) is 15.9. The summed E-state index contributed by atoms with van der Waals surface area (Å²) in [6, 6.07) is 6.06. The molecule has 1 aromatic rings. The molecule has 5 atom stereocenters. The number of nitrogens with one attached hydrogen (secondary N) is 3. The number of carbonyl (C=O) groups excluding carboxylic acids is 6. The Morgan fingerprint density at radius 3 is 2.20 bits per heavy atom. The number of nitrogens with zero attached hydrogens (tertiary/aromatic N) is 1. The highest BCUT2D eigenvalue weighted by Crippen LogP contribution is 2.65. The molecule has 3 N–H and O–H groups in total. The van der Waals surface area contributed by atoms with Crippen LogP contribution in [-0.2, 0) is 39.0 Å². The maximum absolute atomic E-state index is 14.3. The van der Waals surface area contributed by atoms with E-state index in [9.17, 15) is 28.8 Å². The van der Waals surface area contributed by atoms with Gasteiger partial charge in [0.05, 0.1) is 0 Å². The Hall–Kier alpha value is -4.22. The van der Waals surface area contributed by atoms with Crippen molar-refractivity contribution in [3.8, 4) is 0 Å². The van der Waals surface area contributed by atoms with Gasteiger partial charge < -0.3 is 30.3 Å². The van der Waals surface area contributed by atoms with Crippen molar-refractivity contribution < 1.29 is 38.2 Å².